The number of Topliss-reactive ketones (excluding diaryl/α,β-unsaturated/α-hetero) is 1. The number of ether oxygens (including phenoxy) is 1. The molecule has 1 amide bonds. The lowest BCUT2D eigenvalue weighted by Crippen LogP contribution is -2.40. The van der Waals surface area contributed by atoms with Gasteiger partial charge < -0.3 is 10.1 Å². The molecule has 1 aliphatic heterocycles. The smallest absolute Gasteiger partial charge is 0.232 e. The number of nitrogens with zero attached hydrogens (tertiary/aromatic N) is 1. The van der Waals surface area contributed by atoms with Gasteiger partial charge in [0.05, 0.1) is 23.8 Å². The first-order valence-corrected chi connectivity index (χ1v) is 14.6. The van der Waals surface area contributed by atoms with E-state index in [2.05, 4.69) is 19.2 Å². The highest BCUT2D eigenvalue weighted by atomic mass is 35.5. The molecule has 4 aromatic rings. The summed E-state index contributed by atoms with van der Waals surface area (Å²) in [6.45, 7) is 4.68. The van der Waals surface area contributed by atoms with Crippen molar-refractivity contribution < 1.29 is 14.3 Å². The van der Waals surface area contributed by atoms with E-state index in [9.17, 15) is 9.59 Å². The fourth-order valence-electron chi connectivity index (χ4n) is 5.93. The van der Waals surface area contributed by atoms with Crippen molar-refractivity contribution in [3.63, 3.8) is 0 Å². The third-order valence-corrected chi connectivity index (χ3v) is 8.13. The molecule has 0 radical (unpaired) electrons. The quantitative estimate of drug-likeness (QED) is 0.251. The molecule has 0 saturated heterocycles. The normalized spacial score (nSPS) is 17.5. The minimum absolute atomic E-state index is 0.0558. The minimum atomic E-state index is -0.595. The number of halogens is 1. The zero-order valence-corrected chi connectivity index (χ0v) is 24.5. The molecular formula is C36H33ClN2O3. The molecule has 6 heteroatoms. The SMILES string of the molecule is CC1(C)CC(=O)C2=C(C1)Nc1ccccc1N(C(=O)Cc1ccc(Cl)cc1)[C@@H]2c1ccc(OCc2ccccc2)cc1. The second-order valence-corrected chi connectivity index (χ2v) is 12.2. The maximum Gasteiger partial charge on any atom is 0.232 e. The summed E-state index contributed by atoms with van der Waals surface area (Å²) in [7, 11) is 0. The van der Waals surface area contributed by atoms with Crippen LogP contribution < -0.4 is 15.0 Å². The summed E-state index contributed by atoms with van der Waals surface area (Å²) in [6, 6.07) is 32.3. The Hall–Kier alpha value is -4.35. The van der Waals surface area contributed by atoms with Gasteiger partial charge in [0.15, 0.2) is 5.78 Å². The van der Waals surface area contributed by atoms with E-state index in [-0.39, 0.29) is 23.5 Å². The lowest BCUT2D eigenvalue weighted by Gasteiger charge is -2.37. The summed E-state index contributed by atoms with van der Waals surface area (Å²) in [5, 5.41) is 4.19. The van der Waals surface area contributed by atoms with Gasteiger partial charge in [-0.15, -0.1) is 0 Å². The van der Waals surface area contributed by atoms with Gasteiger partial charge in [0.2, 0.25) is 5.91 Å². The molecule has 0 aromatic heterocycles. The number of benzene rings is 4. The van der Waals surface area contributed by atoms with Crippen molar-refractivity contribution in [1.82, 2.24) is 0 Å². The van der Waals surface area contributed by atoms with Crippen LogP contribution in [-0.4, -0.2) is 11.7 Å². The molecule has 1 N–H and O–H groups in total. The summed E-state index contributed by atoms with van der Waals surface area (Å²) in [5.74, 6) is 0.673. The Morgan fingerprint density at radius 3 is 2.31 bits per heavy atom. The van der Waals surface area contributed by atoms with Crippen LogP contribution >= 0.6 is 11.6 Å². The van der Waals surface area contributed by atoms with Crippen molar-refractivity contribution in [2.75, 3.05) is 10.2 Å². The molecule has 0 unspecified atom stereocenters. The number of amides is 1. The Balaban J connectivity index is 1.43. The standard InChI is InChI=1S/C36H33ClN2O3/c1-36(2)21-30-34(32(40)22-36)35(26-14-18-28(19-15-26)42-23-25-8-4-3-5-9-25)39(31-11-7-6-10-29(31)38-30)33(41)20-24-12-16-27(37)17-13-24/h3-19,35,38H,20-23H2,1-2H3/t35-/m1/s1. The van der Waals surface area contributed by atoms with E-state index in [4.69, 9.17) is 16.3 Å². The van der Waals surface area contributed by atoms with Crippen LogP contribution in [0.15, 0.2) is 114 Å². The molecule has 0 saturated carbocycles. The van der Waals surface area contributed by atoms with Crippen LogP contribution in [0, 0.1) is 5.41 Å². The highest BCUT2D eigenvalue weighted by molar-refractivity contribution is 6.30. The third-order valence-electron chi connectivity index (χ3n) is 7.88. The van der Waals surface area contributed by atoms with Crippen molar-refractivity contribution >= 4 is 34.7 Å². The molecular weight excluding hydrogens is 544 g/mol. The Morgan fingerprint density at radius 1 is 0.881 bits per heavy atom. The number of carbonyl (C=O) groups is 2. The summed E-state index contributed by atoms with van der Waals surface area (Å²) < 4.78 is 6.05. The van der Waals surface area contributed by atoms with E-state index in [0.29, 0.717) is 30.0 Å². The molecule has 6 rings (SSSR count). The highest BCUT2D eigenvalue weighted by Gasteiger charge is 2.43. The Bertz CT molecular complexity index is 1640. The van der Waals surface area contributed by atoms with E-state index in [1.165, 1.54) is 0 Å². The molecule has 0 fully saturated rings. The van der Waals surface area contributed by atoms with Crippen molar-refractivity contribution in [2.45, 2.75) is 45.8 Å². The summed E-state index contributed by atoms with van der Waals surface area (Å²) in [6.07, 6.45) is 1.29. The molecule has 1 heterocycles. The molecule has 42 heavy (non-hydrogen) atoms. The van der Waals surface area contributed by atoms with E-state index in [0.717, 1.165) is 39.5 Å². The first kappa shape index (κ1) is 27.8. The Kier molecular flexibility index (Phi) is 7.61. The first-order valence-electron chi connectivity index (χ1n) is 14.2. The molecule has 5 nitrogen and oxygen atoms in total. The highest BCUT2D eigenvalue weighted by Crippen LogP contribution is 2.48. The van der Waals surface area contributed by atoms with Crippen LogP contribution in [0.3, 0.4) is 0 Å². The van der Waals surface area contributed by atoms with E-state index < -0.39 is 6.04 Å². The van der Waals surface area contributed by atoms with Crippen LogP contribution in [0.25, 0.3) is 0 Å². The second kappa shape index (κ2) is 11.5. The lowest BCUT2D eigenvalue weighted by atomic mass is 9.73. The Morgan fingerprint density at radius 2 is 1.57 bits per heavy atom. The topological polar surface area (TPSA) is 58.6 Å². The zero-order chi connectivity index (χ0) is 29.3. The van der Waals surface area contributed by atoms with Crippen molar-refractivity contribution in [3.8, 4) is 5.75 Å². The van der Waals surface area contributed by atoms with E-state index in [1.54, 1.807) is 17.0 Å². The van der Waals surface area contributed by atoms with Crippen molar-refractivity contribution in [1.29, 1.82) is 0 Å². The maximum atomic E-state index is 14.3. The molecule has 2 aliphatic rings. The summed E-state index contributed by atoms with van der Waals surface area (Å²) in [5.41, 5.74) is 5.67. The number of ketones is 1. The number of anilines is 2. The van der Waals surface area contributed by atoms with Gasteiger partial charge in [-0.2, -0.15) is 0 Å². The molecule has 4 aromatic carbocycles. The monoisotopic (exact) mass is 576 g/mol. The summed E-state index contributed by atoms with van der Waals surface area (Å²) >= 11 is 6.12. The van der Waals surface area contributed by atoms with Gasteiger partial charge >= 0.3 is 0 Å². The number of rotatable bonds is 6. The zero-order valence-electron chi connectivity index (χ0n) is 23.8. The molecule has 212 valence electrons. The number of carbonyl (C=O) groups excluding carboxylic acids is 2. The fraction of sp³-hybridized carbons (Fsp3) is 0.222. The van der Waals surface area contributed by atoms with Crippen LogP contribution in [0.4, 0.5) is 11.4 Å². The van der Waals surface area contributed by atoms with Crippen molar-refractivity contribution in [2.24, 2.45) is 5.41 Å². The first-order chi connectivity index (χ1) is 20.3. The van der Waals surface area contributed by atoms with Crippen LogP contribution in [0.1, 0.15) is 49.4 Å². The van der Waals surface area contributed by atoms with Gasteiger partial charge in [0.1, 0.15) is 12.4 Å². The van der Waals surface area contributed by atoms with Crippen molar-refractivity contribution in [3.05, 3.63) is 136 Å². The van der Waals surface area contributed by atoms with E-state index in [1.807, 2.05) is 91.0 Å². The van der Waals surface area contributed by atoms with Gasteiger partial charge in [-0.05, 0) is 64.9 Å². The fourth-order valence-corrected chi connectivity index (χ4v) is 6.05. The maximum absolute atomic E-state index is 14.3. The lowest BCUT2D eigenvalue weighted by molar-refractivity contribution is -0.119. The number of nitrogens with one attached hydrogen (secondary N) is 1. The number of hydrogen-bond acceptors (Lipinski definition) is 4. The second-order valence-electron chi connectivity index (χ2n) is 11.8. The summed E-state index contributed by atoms with van der Waals surface area (Å²) in [4.78, 5) is 30.0. The van der Waals surface area contributed by atoms with Crippen LogP contribution in [0.5, 0.6) is 5.75 Å². The van der Waals surface area contributed by atoms with Crippen LogP contribution in [0.2, 0.25) is 5.02 Å². The largest absolute Gasteiger partial charge is 0.489 e. The van der Waals surface area contributed by atoms with Gasteiger partial charge in [-0.3, -0.25) is 14.5 Å². The number of para-hydroxylation sites is 2. The Labute approximate surface area is 251 Å². The average Bonchev–Trinajstić information content (AvgIpc) is 3.12. The number of fused-ring (bicyclic) bond motifs is 1. The molecule has 1 atom stereocenters. The van der Waals surface area contributed by atoms with Gasteiger partial charge in [-0.25, -0.2) is 0 Å². The van der Waals surface area contributed by atoms with Crippen LogP contribution in [-0.2, 0) is 22.6 Å². The molecule has 0 spiro atoms. The third kappa shape index (κ3) is 5.83. The number of hydrogen-bond donors (Lipinski definition) is 1. The average molecular weight is 577 g/mol. The van der Waals surface area contributed by atoms with E-state index >= 15 is 0 Å². The van der Waals surface area contributed by atoms with Gasteiger partial charge in [0, 0.05) is 22.7 Å². The predicted octanol–water partition coefficient (Wildman–Crippen LogP) is 8.30. The molecule has 1 aliphatic carbocycles. The molecule has 0 bridgehead atoms. The minimum Gasteiger partial charge on any atom is -0.489 e. The van der Waals surface area contributed by atoms with Gasteiger partial charge in [0.25, 0.3) is 0 Å². The number of allylic oxidation sites excluding steroid dienone is 1. The predicted molar refractivity (Wildman–Crippen MR) is 168 cm³/mol. The van der Waals surface area contributed by atoms with Gasteiger partial charge in [-0.1, -0.05) is 92.2 Å².